The Bertz CT molecular complexity index is 372. The van der Waals surface area contributed by atoms with Gasteiger partial charge in [-0.3, -0.25) is 0 Å². The standard InChI is InChI=1S/C17H25N/c1-2-10-18-15-9-8-14(11-15)17-12-16(17)13-6-4-3-5-7-13/h3-7,14-18H,2,8-12H2,1H3. The van der Waals surface area contributed by atoms with E-state index in [0.29, 0.717) is 0 Å². The smallest absolute Gasteiger partial charge is 0.00699 e. The van der Waals surface area contributed by atoms with Gasteiger partial charge in [-0.15, -0.1) is 0 Å². The van der Waals surface area contributed by atoms with E-state index in [4.69, 9.17) is 0 Å². The van der Waals surface area contributed by atoms with Crippen molar-refractivity contribution in [2.45, 2.75) is 51.0 Å². The first-order valence-electron chi connectivity index (χ1n) is 7.66. The molecule has 2 saturated carbocycles. The average Bonchev–Trinajstić information content (AvgIpc) is 3.09. The Morgan fingerprint density at radius 2 is 1.94 bits per heavy atom. The fourth-order valence-corrected chi connectivity index (χ4v) is 3.76. The molecule has 0 aromatic heterocycles. The molecule has 1 N–H and O–H groups in total. The highest BCUT2D eigenvalue weighted by Crippen LogP contribution is 2.55. The highest BCUT2D eigenvalue weighted by molar-refractivity contribution is 5.26. The van der Waals surface area contributed by atoms with E-state index in [-0.39, 0.29) is 0 Å². The summed E-state index contributed by atoms with van der Waals surface area (Å²) in [6, 6.07) is 11.9. The number of nitrogens with one attached hydrogen (secondary N) is 1. The molecule has 0 amide bonds. The Labute approximate surface area is 111 Å². The molecule has 1 heteroatoms. The molecule has 98 valence electrons. The van der Waals surface area contributed by atoms with E-state index in [2.05, 4.69) is 42.6 Å². The summed E-state index contributed by atoms with van der Waals surface area (Å²) in [6.45, 7) is 3.45. The van der Waals surface area contributed by atoms with Gasteiger partial charge in [-0.1, -0.05) is 37.3 Å². The summed E-state index contributed by atoms with van der Waals surface area (Å²) < 4.78 is 0. The maximum absolute atomic E-state index is 3.70. The lowest BCUT2D eigenvalue weighted by Gasteiger charge is -2.12. The van der Waals surface area contributed by atoms with Gasteiger partial charge in [0.1, 0.15) is 0 Å². The molecule has 2 fully saturated rings. The minimum atomic E-state index is 0.812. The quantitative estimate of drug-likeness (QED) is 0.825. The summed E-state index contributed by atoms with van der Waals surface area (Å²) >= 11 is 0. The Kier molecular flexibility index (Phi) is 3.69. The van der Waals surface area contributed by atoms with Crippen LogP contribution in [0.5, 0.6) is 0 Å². The zero-order valence-electron chi connectivity index (χ0n) is 11.4. The molecule has 2 aliphatic rings. The molecule has 0 saturated heterocycles. The molecule has 0 heterocycles. The summed E-state index contributed by atoms with van der Waals surface area (Å²) in [5, 5.41) is 3.70. The monoisotopic (exact) mass is 243 g/mol. The molecule has 18 heavy (non-hydrogen) atoms. The van der Waals surface area contributed by atoms with E-state index in [0.717, 1.165) is 23.8 Å². The van der Waals surface area contributed by atoms with Crippen molar-refractivity contribution in [3.05, 3.63) is 35.9 Å². The third-order valence-corrected chi connectivity index (χ3v) is 4.83. The van der Waals surface area contributed by atoms with Gasteiger partial charge in [-0.05, 0) is 62.0 Å². The van der Waals surface area contributed by atoms with Crippen molar-refractivity contribution in [2.24, 2.45) is 11.8 Å². The number of hydrogen-bond acceptors (Lipinski definition) is 1. The molecule has 3 rings (SSSR count). The van der Waals surface area contributed by atoms with Crippen LogP contribution >= 0.6 is 0 Å². The molecular weight excluding hydrogens is 218 g/mol. The van der Waals surface area contributed by atoms with Gasteiger partial charge in [-0.25, -0.2) is 0 Å². The first kappa shape index (κ1) is 12.2. The van der Waals surface area contributed by atoms with Gasteiger partial charge >= 0.3 is 0 Å². The third kappa shape index (κ3) is 2.61. The Morgan fingerprint density at radius 1 is 1.11 bits per heavy atom. The lowest BCUT2D eigenvalue weighted by atomic mass is 9.97. The Balaban J connectivity index is 1.51. The van der Waals surface area contributed by atoms with Crippen LogP contribution in [0.4, 0.5) is 0 Å². The predicted octanol–water partition coefficient (Wildman–Crippen LogP) is 3.96. The summed E-state index contributed by atoms with van der Waals surface area (Å²) in [4.78, 5) is 0. The molecule has 0 spiro atoms. The second-order valence-electron chi connectivity index (χ2n) is 6.14. The molecule has 0 bridgehead atoms. The zero-order chi connectivity index (χ0) is 12.4. The fraction of sp³-hybridized carbons (Fsp3) is 0.647. The van der Waals surface area contributed by atoms with Crippen LogP contribution < -0.4 is 5.32 Å². The van der Waals surface area contributed by atoms with Gasteiger partial charge in [0.25, 0.3) is 0 Å². The molecule has 4 atom stereocenters. The molecule has 2 aliphatic carbocycles. The second-order valence-corrected chi connectivity index (χ2v) is 6.14. The number of benzene rings is 1. The van der Waals surface area contributed by atoms with Crippen LogP contribution in [0.25, 0.3) is 0 Å². The van der Waals surface area contributed by atoms with Crippen molar-refractivity contribution in [3.8, 4) is 0 Å². The summed E-state index contributed by atoms with van der Waals surface area (Å²) in [5.74, 6) is 2.85. The molecule has 1 aromatic carbocycles. The molecule has 1 aromatic rings. The van der Waals surface area contributed by atoms with Crippen molar-refractivity contribution in [3.63, 3.8) is 0 Å². The van der Waals surface area contributed by atoms with Crippen LogP contribution in [0.3, 0.4) is 0 Å². The van der Waals surface area contributed by atoms with E-state index < -0.39 is 0 Å². The summed E-state index contributed by atoms with van der Waals surface area (Å²) in [7, 11) is 0. The minimum Gasteiger partial charge on any atom is -0.314 e. The van der Waals surface area contributed by atoms with Gasteiger partial charge in [0, 0.05) is 6.04 Å². The van der Waals surface area contributed by atoms with E-state index >= 15 is 0 Å². The fourth-order valence-electron chi connectivity index (χ4n) is 3.76. The van der Waals surface area contributed by atoms with Crippen LogP contribution in [-0.2, 0) is 0 Å². The third-order valence-electron chi connectivity index (χ3n) is 4.83. The average molecular weight is 243 g/mol. The lowest BCUT2D eigenvalue weighted by molar-refractivity contribution is 0.440. The van der Waals surface area contributed by atoms with E-state index in [9.17, 15) is 0 Å². The molecule has 4 unspecified atom stereocenters. The normalized spacial score (nSPS) is 34.7. The molecule has 0 aliphatic heterocycles. The number of rotatable bonds is 5. The highest BCUT2D eigenvalue weighted by Gasteiger charge is 2.45. The first-order chi connectivity index (χ1) is 8.88. The van der Waals surface area contributed by atoms with Gasteiger partial charge in [0.05, 0.1) is 0 Å². The van der Waals surface area contributed by atoms with Crippen LogP contribution in [0.1, 0.15) is 50.5 Å². The van der Waals surface area contributed by atoms with Gasteiger partial charge in [-0.2, -0.15) is 0 Å². The minimum absolute atomic E-state index is 0.812. The zero-order valence-corrected chi connectivity index (χ0v) is 11.4. The Morgan fingerprint density at radius 3 is 2.72 bits per heavy atom. The molecular formula is C17H25N. The van der Waals surface area contributed by atoms with Crippen LogP contribution in [0.2, 0.25) is 0 Å². The van der Waals surface area contributed by atoms with Gasteiger partial charge in [0.15, 0.2) is 0 Å². The van der Waals surface area contributed by atoms with E-state index in [1.807, 2.05) is 0 Å². The number of hydrogen-bond donors (Lipinski definition) is 1. The predicted molar refractivity (Wildman–Crippen MR) is 76.7 cm³/mol. The molecule has 1 nitrogen and oxygen atoms in total. The van der Waals surface area contributed by atoms with Crippen LogP contribution in [-0.4, -0.2) is 12.6 Å². The van der Waals surface area contributed by atoms with Crippen LogP contribution in [0.15, 0.2) is 30.3 Å². The van der Waals surface area contributed by atoms with Gasteiger partial charge in [0.2, 0.25) is 0 Å². The first-order valence-corrected chi connectivity index (χ1v) is 7.66. The van der Waals surface area contributed by atoms with E-state index in [1.54, 1.807) is 5.56 Å². The second kappa shape index (κ2) is 5.44. The highest BCUT2D eigenvalue weighted by atomic mass is 14.9. The van der Waals surface area contributed by atoms with Crippen LogP contribution in [0, 0.1) is 11.8 Å². The van der Waals surface area contributed by atoms with Crippen molar-refractivity contribution in [1.29, 1.82) is 0 Å². The maximum Gasteiger partial charge on any atom is 0.00699 e. The summed E-state index contributed by atoms with van der Waals surface area (Å²) in [5.41, 5.74) is 1.58. The SMILES string of the molecule is CCCNC1CCC(C2CC2c2ccccc2)C1. The van der Waals surface area contributed by atoms with Crippen molar-refractivity contribution in [1.82, 2.24) is 5.32 Å². The largest absolute Gasteiger partial charge is 0.314 e. The van der Waals surface area contributed by atoms with Gasteiger partial charge < -0.3 is 5.32 Å². The van der Waals surface area contributed by atoms with Crippen molar-refractivity contribution < 1.29 is 0 Å². The Hall–Kier alpha value is -0.820. The lowest BCUT2D eigenvalue weighted by Crippen LogP contribution is -2.27. The maximum atomic E-state index is 3.70. The van der Waals surface area contributed by atoms with E-state index in [1.165, 1.54) is 38.6 Å². The molecule has 0 radical (unpaired) electrons. The van der Waals surface area contributed by atoms with Crippen molar-refractivity contribution >= 4 is 0 Å². The topological polar surface area (TPSA) is 12.0 Å². The summed E-state index contributed by atoms with van der Waals surface area (Å²) in [6.07, 6.45) is 6.98. The van der Waals surface area contributed by atoms with Crippen molar-refractivity contribution in [2.75, 3.05) is 6.54 Å².